The summed E-state index contributed by atoms with van der Waals surface area (Å²) in [6.07, 6.45) is 0. The lowest BCUT2D eigenvalue weighted by atomic mass is 10.2. The number of hydrogen-bond acceptors (Lipinski definition) is 4. The van der Waals surface area contributed by atoms with E-state index in [1.807, 2.05) is 6.07 Å². The number of halogens is 3. The van der Waals surface area contributed by atoms with E-state index in [0.717, 1.165) is 4.47 Å². The van der Waals surface area contributed by atoms with Gasteiger partial charge in [-0.25, -0.2) is 4.39 Å². The van der Waals surface area contributed by atoms with E-state index in [0.29, 0.717) is 28.1 Å². The number of rotatable bonds is 4. The van der Waals surface area contributed by atoms with Crippen molar-refractivity contribution in [2.75, 3.05) is 0 Å². The fraction of sp³-hybridized carbons (Fsp3) is 0.0667. The summed E-state index contributed by atoms with van der Waals surface area (Å²) in [6.45, 7) is 0.0928. The molecule has 22 heavy (non-hydrogen) atoms. The summed E-state index contributed by atoms with van der Waals surface area (Å²) < 4.78 is 24.4. The Kier molecular flexibility index (Phi) is 4.40. The van der Waals surface area contributed by atoms with Crippen molar-refractivity contribution in [3.63, 3.8) is 0 Å². The molecule has 0 N–H and O–H groups in total. The van der Waals surface area contributed by atoms with Crippen molar-refractivity contribution in [3.05, 3.63) is 63.7 Å². The van der Waals surface area contributed by atoms with Crippen LogP contribution in [0.15, 0.2) is 51.5 Å². The van der Waals surface area contributed by atoms with E-state index in [1.165, 1.54) is 12.1 Å². The lowest BCUT2D eigenvalue weighted by Crippen LogP contribution is -1.96. The van der Waals surface area contributed by atoms with E-state index in [-0.39, 0.29) is 12.4 Å². The number of benzene rings is 2. The zero-order chi connectivity index (χ0) is 15.5. The van der Waals surface area contributed by atoms with Crippen LogP contribution >= 0.6 is 27.5 Å². The molecule has 3 aromatic rings. The summed E-state index contributed by atoms with van der Waals surface area (Å²) in [5.41, 5.74) is 0.665. The lowest BCUT2D eigenvalue weighted by Gasteiger charge is -2.05. The van der Waals surface area contributed by atoms with Crippen LogP contribution in [0.4, 0.5) is 4.39 Å². The molecule has 0 aliphatic heterocycles. The summed E-state index contributed by atoms with van der Waals surface area (Å²) in [5.74, 6) is 0.880. The smallest absolute Gasteiger partial charge is 0.264 e. The molecule has 0 saturated carbocycles. The van der Waals surface area contributed by atoms with Crippen LogP contribution < -0.4 is 4.74 Å². The Morgan fingerprint density at radius 1 is 1.18 bits per heavy atom. The summed E-state index contributed by atoms with van der Waals surface area (Å²) in [4.78, 5) is 4.19. The molecule has 3 rings (SSSR count). The third-order valence-electron chi connectivity index (χ3n) is 2.82. The predicted molar refractivity (Wildman–Crippen MR) is 83.2 cm³/mol. The van der Waals surface area contributed by atoms with Gasteiger partial charge >= 0.3 is 0 Å². The zero-order valence-electron chi connectivity index (χ0n) is 11.1. The van der Waals surface area contributed by atoms with Gasteiger partial charge in [-0.15, -0.1) is 0 Å². The van der Waals surface area contributed by atoms with Crippen molar-refractivity contribution in [2.24, 2.45) is 0 Å². The van der Waals surface area contributed by atoms with Crippen molar-refractivity contribution in [3.8, 4) is 17.1 Å². The largest absolute Gasteiger partial charge is 0.482 e. The maximum Gasteiger partial charge on any atom is 0.264 e. The van der Waals surface area contributed by atoms with Gasteiger partial charge < -0.3 is 9.26 Å². The maximum atomic E-state index is 12.9. The van der Waals surface area contributed by atoms with Gasteiger partial charge in [0.2, 0.25) is 5.82 Å². The Morgan fingerprint density at radius 3 is 2.68 bits per heavy atom. The van der Waals surface area contributed by atoms with Gasteiger partial charge in [0.25, 0.3) is 5.89 Å². The molecule has 0 amide bonds. The number of ether oxygens (including phenoxy) is 1. The highest BCUT2D eigenvalue weighted by Gasteiger charge is 2.10. The minimum atomic E-state index is -0.319. The number of hydrogen-bond donors (Lipinski definition) is 0. The van der Waals surface area contributed by atoms with E-state index in [9.17, 15) is 4.39 Å². The highest BCUT2D eigenvalue weighted by atomic mass is 79.9. The number of aromatic nitrogens is 2. The quantitative estimate of drug-likeness (QED) is 0.645. The molecule has 0 unspecified atom stereocenters. The van der Waals surface area contributed by atoms with Crippen LogP contribution in [0.2, 0.25) is 5.02 Å². The van der Waals surface area contributed by atoms with Gasteiger partial charge in [-0.1, -0.05) is 32.7 Å². The second kappa shape index (κ2) is 6.46. The lowest BCUT2D eigenvalue weighted by molar-refractivity contribution is 0.243. The molecule has 1 heterocycles. The highest BCUT2D eigenvalue weighted by molar-refractivity contribution is 9.10. The Morgan fingerprint density at radius 2 is 1.95 bits per heavy atom. The summed E-state index contributed by atoms with van der Waals surface area (Å²) in [5, 5.41) is 4.32. The van der Waals surface area contributed by atoms with Crippen LogP contribution in [0.1, 0.15) is 5.89 Å². The van der Waals surface area contributed by atoms with Gasteiger partial charge in [0.05, 0.1) is 5.02 Å². The van der Waals surface area contributed by atoms with Crippen LogP contribution in [0, 0.1) is 5.82 Å². The zero-order valence-corrected chi connectivity index (χ0v) is 13.4. The first-order valence-electron chi connectivity index (χ1n) is 6.28. The average Bonchev–Trinajstić information content (AvgIpc) is 2.96. The van der Waals surface area contributed by atoms with Crippen LogP contribution in [0.5, 0.6) is 5.75 Å². The molecule has 0 aliphatic carbocycles. The molecule has 1 aromatic heterocycles. The summed E-state index contributed by atoms with van der Waals surface area (Å²) in [6, 6.07) is 11.1. The van der Waals surface area contributed by atoms with Crippen molar-refractivity contribution >= 4 is 27.5 Å². The normalized spacial score (nSPS) is 10.7. The van der Waals surface area contributed by atoms with E-state index in [1.54, 1.807) is 24.3 Å². The molecule has 2 aromatic carbocycles. The molecule has 0 radical (unpaired) electrons. The first-order chi connectivity index (χ1) is 10.6. The molecular formula is C15H9BrClFN2O2. The van der Waals surface area contributed by atoms with Crippen molar-refractivity contribution in [1.29, 1.82) is 0 Å². The van der Waals surface area contributed by atoms with Gasteiger partial charge in [0.15, 0.2) is 6.61 Å². The van der Waals surface area contributed by atoms with E-state index in [2.05, 4.69) is 26.1 Å². The van der Waals surface area contributed by atoms with Crippen molar-refractivity contribution < 1.29 is 13.7 Å². The molecular weight excluding hydrogens is 375 g/mol. The molecule has 0 atom stereocenters. The van der Waals surface area contributed by atoms with Crippen LogP contribution in [0.25, 0.3) is 11.4 Å². The minimum Gasteiger partial charge on any atom is -0.482 e. The molecule has 0 bridgehead atoms. The topological polar surface area (TPSA) is 48.2 Å². The van der Waals surface area contributed by atoms with Gasteiger partial charge in [-0.2, -0.15) is 4.98 Å². The second-order valence-corrected chi connectivity index (χ2v) is 5.70. The van der Waals surface area contributed by atoms with Crippen LogP contribution in [-0.4, -0.2) is 10.1 Å². The van der Waals surface area contributed by atoms with E-state index in [4.69, 9.17) is 20.9 Å². The second-order valence-electron chi connectivity index (χ2n) is 4.38. The third kappa shape index (κ3) is 3.45. The Labute approximate surface area is 139 Å². The first kappa shape index (κ1) is 15.0. The Balaban J connectivity index is 1.70. The first-order valence-corrected chi connectivity index (χ1v) is 7.45. The molecule has 0 fully saturated rings. The van der Waals surface area contributed by atoms with Crippen LogP contribution in [-0.2, 0) is 6.61 Å². The molecule has 0 spiro atoms. The number of nitrogens with zero attached hydrogens (tertiary/aromatic N) is 2. The molecule has 112 valence electrons. The maximum absolute atomic E-state index is 12.9. The fourth-order valence-electron chi connectivity index (χ4n) is 1.76. The van der Waals surface area contributed by atoms with Crippen molar-refractivity contribution in [2.45, 2.75) is 6.61 Å². The van der Waals surface area contributed by atoms with Gasteiger partial charge in [-0.3, -0.25) is 0 Å². The third-order valence-corrected chi connectivity index (χ3v) is 3.60. The predicted octanol–water partition coefficient (Wildman–Crippen LogP) is 4.87. The molecule has 7 heteroatoms. The summed E-state index contributed by atoms with van der Waals surface area (Å²) >= 11 is 9.37. The molecule has 4 nitrogen and oxygen atoms in total. The monoisotopic (exact) mass is 382 g/mol. The highest BCUT2D eigenvalue weighted by Crippen LogP contribution is 2.28. The van der Waals surface area contributed by atoms with Crippen molar-refractivity contribution in [1.82, 2.24) is 10.1 Å². The van der Waals surface area contributed by atoms with E-state index >= 15 is 0 Å². The van der Waals surface area contributed by atoms with Gasteiger partial charge in [0, 0.05) is 10.0 Å². The van der Waals surface area contributed by atoms with E-state index < -0.39 is 0 Å². The Hall–Kier alpha value is -1.92. The SMILES string of the molecule is Fc1ccc(-c2noc(COc3ccc(Br)cc3Cl)n2)cc1. The molecule has 0 saturated heterocycles. The van der Waals surface area contributed by atoms with Gasteiger partial charge in [0.1, 0.15) is 11.6 Å². The Bertz CT molecular complexity index is 792. The average molecular weight is 384 g/mol. The fourth-order valence-corrected chi connectivity index (χ4v) is 2.49. The van der Waals surface area contributed by atoms with Crippen LogP contribution in [0.3, 0.4) is 0 Å². The molecule has 0 aliphatic rings. The standard InChI is InChI=1S/C15H9BrClFN2O2/c16-10-3-6-13(12(17)7-10)21-8-14-19-15(20-22-14)9-1-4-11(18)5-2-9/h1-7H,8H2. The minimum absolute atomic E-state index is 0.0928. The summed E-state index contributed by atoms with van der Waals surface area (Å²) in [7, 11) is 0. The van der Waals surface area contributed by atoms with Gasteiger partial charge in [-0.05, 0) is 42.5 Å².